The maximum Gasteiger partial charge on any atom is 0.334 e. The van der Waals surface area contributed by atoms with E-state index in [4.69, 9.17) is 0 Å². The first kappa shape index (κ1) is 30.5. The van der Waals surface area contributed by atoms with Crippen LogP contribution in [0.1, 0.15) is 16.7 Å². The summed E-state index contributed by atoms with van der Waals surface area (Å²) in [5, 5.41) is 16.1. The molecule has 6 rings (SSSR count). The fourth-order valence-corrected chi connectivity index (χ4v) is 6.09. The van der Waals surface area contributed by atoms with E-state index in [9.17, 15) is 19.5 Å². The summed E-state index contributed by atoms with van der Waals surface area (Å²) in [6, 6.07) is 22.4. The Morgan fingerprint density at radius 1 is 0.978 bits per heavy atom. The summed E-state index contributed by atoms with van der Waals surface area (Å²) < 4.78 is 0. The summed E-state index contributed by atoms with van der Waals surface area (Å²) in [6.07, 6.45) is 6.19. The van der Waals surface area contributed by atoms with Crippen molar-refractivity contribution in [2.45, 2.75) is 31.7 Å². The third-order valence-electron chi connectivity index (χ3n) is 8.22. The molecule has 2 fully saturated rings. The topological polar surface area (TPSA) is 122 Å². The molecule has 0 unspecified atom stereocenters. The standard InChI is InChI=1S/C35H35N7O4/c1-2-18-40-24-32(44)41-30(19-25-12-14-29(43)15-13-25)34(45)39(22-28-11-7-17-37-33(28)27-10-6-16-36-21-27)23-31(41)42(40)35(46)38-20-26-8-4-3-5-9-26/h2-17,21,30-31,43H,1,18-20,22-24H2,(H,38,46)/t30-,31-/m0/s1. The zero-order valence-corrected chi connectivity index (χ0v) is 25.3. The molecule has 11 heteroatoms. The van der Waals surface area contributed by atoms with Crippen molar-refractivity contribution >= 4 is 17.8 Å². The summed E-state index contributed by atoms with van der Waals surface area (Å²) >= 11 is 0. The van der Waals surface area contributed by atoms with Crippen molar-refractivity contribution in [1.29, 1.82) is 0 Å². The van der Waals surface area contributed by atoms with Gasteiger partial charge in [0.05, 0.1) is 18.8 Å². The molecule has 11 nitrogen and oxygen atoms in total. The van der Waals surface area contributed by atoms with Gasteiger partial charge in [-0.15, -0.1) is 6.58 Å². The maximum absolute atomic E-state index is 14.3. The number of amides is 4. The van der Waals surface area contributed by atoms with Gasteiger partial charge in [-0.1, -0.05) is 54.6 Å². The number of rotatable bonds is 9. The van der Waals surface area contributed by atoms with Crippen LogP contribution in [-0.4, -0.2) is 84.6 Å². The van der Waals surface area contributed by atoms with Crippen molar-refractivity contribution in [3.05, 3.63) is 127 Å². The normalized spacial score (nSPS) is 18.3. The first-order valence-electron chi connectivity index (χ1n) is 15.1. The van der Waals surface area contributed by atoms with E-state index in [1.165, 1.54) is 0 Å². The summed E-state index contributed by atoms with van der Waals surface area (Å²) in [5.74, 6) is -0.387. The van der Waals surface area contributed by atoms with E-state index in [-0.39, 0.29) is 56.2 Å². The lowest BCUT2D eigenvalue weighted by atomic mass is 9.98. The molecular weight excluding hydrogens is 582 g/mol. The smallest absolute Gasteiger partial charge is 0.334 e. The third-order valence-corrected chi connectivity index (χ3v) is 8.22. The number of phenolic OH excluding ortho intramolecular Hbond substituents is 1. The Kier molecular flexibility index (Phi) is 9.02. The Balaban J connectivity index is 1.37. The minimum Gasteiger partial charge on any atom is -0.508 e. The lowest BCUT2D eigenvalue weighted by Crippen LogP contribution is -2.76. The highest BCUT2D eigenvalue weighted by Crippen LogP contribution is 2.31. The van der Waals surface area contributed by atoms with Gasteiger partial charge in [0.15, 0.2) is 0 Å². The molecule has 2 atom stereocenters. The molecule has 0 saturated carbocycles. The van der Waals surface area contributed by atoms with E-state index < -0.39 is 12.2 Å². The predicted molar refractivity (Wildman–Crippen MR) is 171 cm³/mol. The molecule has 2 N–H and O–H groups in total. The third kappa shape index (κ3) is 6.45. The van der Waals surface area contributed by atoms with Gasteiger partial charge in [-0.2, -0.15) is 0 Å². The van der Waals surface area contributed by atoms with Crippen LogP contribution < -0.4 is 5.32 Å². The van der Waals surface area contributed by atoms with Crippen molar-refractivity contribution in [2.24, 2.45) is 0 Å². The molecule has 2 aliphatic heterocycles. The number of nitrogens with zero attached hydrogens (tertiary/aromatic N) is 6. The van der Waals surface area contributed by atoms with Crippen LogP contribution in [0.4, 0.5) is 4.79 Å². The summed E-state index contributed by atoms with van der Waals surface area (Å²) in [7, 11) is 0. The lowest BCUT2D eigenvalue weighted by molar-refractivity contribution is -0.189. The SMILES string of the molecule is C=CCN1CC(=O)N2[C@@H](Cc3ccc(O)cc3)C(=O)N(Cc3cccnc3-c3cccnc3)C[C@@H]2N1C(=O)NCc1ccccc1. The highest BCUT2D eigenvalue weighted by atomic mass is 16.3. The van der Waals surface area contributed by atoms with Crippen molar-refractivity contribution in [2.75, 3.05) is 19.6 Å². The Morgan fingerprint density at radius 3 is 2.50 bits per heavy atom. The predicted octanol–water partition coefficient (Wildman–Crippen LogP) is 3.59. The molecule has 234 valence electrons. The molecule has 2 aromatic heterocycles. The number of pyridine rings is 2. The van der Waals surface area contributed by atoms with E-state index in [2.05, 4.69) is 21.9 Å². The number of hydrazine groups is 1. The molecule has 4 amide bonds. The number of benzene rings is 2. The highest BCUT2D eigenvalue weighted by molar-refractivity contribution is 5.92. The molecule has 2 aromatic carbocycles. The van der Waals surface area contributed by atoms with E-state index in [1.807, 2.05) is 54.6 Å². The van der Waals surface area contributed by atoms with Gasteiger partial charge in [-0.05, 0) is 47.0 Å². The van der Waals surface area contributed by atoms with Gasteiger partial charge < -0.3 is 20.2 Å². The highest BCUT2D eigenvalue weighted by Gasteiger charge is 2.51. The van der Waals surface area contributed by atoms with E-state index in [0.717, 1.165) is 22.3 Å². The van der Waals surface area contributed by atoms with Crippen molar-refractivity contribution in [3.63, 3.8) is 0 Å². The summed E-state index contributed by atoms with van der Waals surface area (Å²) in [4.78, 5) is 54.2. The van der Waals surface area contributed by atoms with Gasteiger partial charge >= 0.3 is 6.03 Å². The number of aromatic hydroxyl groups is 1. The van der Waals surface area contributed by atoms with Crippen LogP contribution in [0.2, 0.25) is 0 Å². The molecule has 2 aliphatic rings. The Labute approximate surface area is 267 Å². The number of hydrogen-bond donors (Lipinski definition) is 2. The summed E-state index contributed by atoms with van der Waals surface area (Å²) in [5.41, 5.74) is 4.03. The minimum absolute atomic E-state index is 0.0877. The van der Waals surface area contributed by atoms with Crippen LogP contribution in [0.3, 0.4) is 0 Å². The average molecular weight is 618 g/mol. The minimum atomic E-state index is -0.885. The number of aromatic nitrogens is 2. The fraction of sp³-hybridized carbons (Fsp3) is 0.229. The van der Waals surface area contributed by atoms with Gasteiger partial charge in [0, 0.05) is 50.2 Å². The van der Waals surface area contributed by atoms with Crippen molar-refractivity contribution in [3.8, 4) is 17.0 Å². The molecule has 4 heterocycles. The maximum atomic E-state index is 14.3. The molecule has 0 spiro atoms. The zero-order valence-electron chi connectivity index (χ0n) is 25.3. The van der Waals surface area contributed by atoms with Gasteiger partial charge in [0.1, 0.15) is 18.0 Å². The van der Waals surface area contributed by atoms with Gasteiger partial charge in [-0.25, -0.2) is 14.8 Å². The lowest BCUT2D eigenvalue weighted by Gasteiger charge is -2.55. The Bertz CT molecular complexity index is 1700. The Morgan fingerprint density at radius 2 is 1.76 bits per heavy atom. The quantitative estimate of drug-likeness (QED) is 0.275. The van der Waals surface area contributed by atoms with E-state index in [0.29, 0.717) is 12.2 Å². The Hall–Kier alpha value is -5.55. The first-order valence-corrected chi connectivity index (χ1v) is 15.1. The van der Waals surface area contributed by atoms with Crippen molar-refractivity contribution < 1.29 is 19.5 Å². The number of phenols is 1. The van der Waals surface area contributed by atoms with Crippen LogP contribution in [-0.2, 0) is 29.1 Å². The number of piperazine rings is 1. The number of carbonyl (C=O) groups is 3. The van der Waals surface area contributed by atoms with Crippen LogP contribution in [0.25, 0.3) is 11.3 Å². The number of hydrogen-bond acceptors (Lipinski definition) is 7. The molecule has 2 saturated heterocycles. The number of nitrogens with one attached hydrogen (secondary N) is 1. The number of carbonyl (C=O) groups excluding carboxylic acids is 3. The molecule has 46 heavy (non-hydrogen) atoms. The second-order valence-electron chi connectivity index (χ2n) is 11.3. The zero-order chi connectivity index (χ0) is 32.0. The molecule has 4 aromatic rings. The van der Waals surface area contributed by atoms with E-state index >= 15 is 0 Å². The monoisotopic (exact) mass is 617 g/mol. The summed E-state index contributed by atoms with van der Waals surface area (Å²) in [6.45, 7) is 4.62. The number of urea groups is 1. The largest absolute Gasteiger partial charge is 0.508 e. The van der Waals surface area contributed by atoms with Gasteiger partial charge in [-0.3, -0.25) is 19.6 Å². The first-order chi connectivity index (χ1) is 22.4. The van der Waals surface area contributed by atoms with Gasteiger partial charge in [0.2, 0.25) is 11.8 Å². The molecular formula is C35H35N7O4. The number of fused-ring (bicyclic) bond motifs is 1. The van der Waals surface area contributed by atoms with Crippen LogP contribution in [0.15, 0.2) is 110 Å². The second kappa shape index (κ2) is 13.6. The fourth-order valence-electron chi connectivity index (χ4n) is 6.09. The van der Waals surface area contributed by atoms with Crippen molar-refractivity contribution in [1.82, 2.24) is 35.1 Å². The van der Waals surface area contributed by atoms with Crippen LogP contribution in [0.5, 0.6) is 5.75 Å². The van der Waals surface area contributed by atoms with Crippen LogP contribution in [0, 0.1) is 0 Å². The van der Waals surface area contributed by atoms with Crippen LogP contribution >= 0.6 is 0 Å². The van der Waals surface area contributed by atoms with E-state index in [1.54, 1.807) is 68.7 Å². The van der Waals surface area contributed by atoms with Gasteiger partial charge in [0.25, 0.3) is 0 Å². The average Bonchev–Trinajstić information content (AvgIpc) is 3.08. The second-order valence-corrected chi connectivity index (χ2v) is 11.3. The molecule has 0 radical (unpaired) electrons. The molecule has 0 aliphatic carbocycles. The molecule has 0 bridgehead atoms.